The van der Waals surface area contributed by atoms with Gasteiger partial charge in [0.15, 0.2) is 0 Å². The van der Waals surface area contributed by atoms with E-state index >= 15 is 0 Å². The summed E-state index contributed by atoms with van der Waals surface area (Å²) in [6.07, 6.45) is 5.41. The smallest absolute Gasteiger partial charge is 0.256 e. The predicted molar refractivity (Wildman–Crippen MR) is 140 cm³/mol. The molecular formula is C25H31N9O2. The number of fused-ring (bicyclic) bond motifs is 1. The number of aromatic amines is 1. The van der Waals surface area contributed by atoms with Crippen LogP contribution in [0.5, 0.6) is 5.88 Å². The van der Waals surface area contributed by atoms with Crippen LogP contribution in [0.1, 0.15) is 6.92 Å². The molecule has 4 aromatic rings. The summed E-state index contributed by atoms with van der Waals surface area (Å²) in [5.74, 6) is 0.880. The summed E-state index contributed by atoms with van der Waals surface area (Å²) < 4.78 is 6.97. The van der Waals surface area contributed by atoms with Crippen molar-refractivity contribution in [2.75, 3.05) is 51.0 Å². The lowest BCUT2D eigenvalue weighted by Crippen LogP contribution is -2.51. The Bertz CT molecular complexity index is 1370. The highest BCUT2D eigenvalue weighted by Gasteiger charge is 2.25. The number of carbonyl (C=O) groups is 1. The van der Waals surface area contributed by atoms with Crippen molar-refractivity contribution in [3.63, 3.8) is 0 Å². The van der Waals surface area contributed by atoms with Crippen LogP contribution in [-0.4, -0.2) is 86.8 Å². The number of H-pyrrole nitrogens is 1. The maximum atomic E-state index is 13.1. The molecule has 1 amide bonds. The molecule has 5 rings (SSSR count). The van der Waals surface area contributed by atoms with Crippen LogP contribution >= 0.6 is 0 Å². The number of hydrogen-bond acceptors (Lipinski definition) is 8. The molecule has 1 aliphatic rings. The van der Waals surface area contributed by atoms with Gasteiger partial charge in [0.05, 0.1) is 36.2 Å². The average molecular weight is 490 g/mol. The number of amides is 1. The minimum atomic E-state index is -0.205. The molecule has 3 aromatic heterocycles. The lowest BCUT2D eigenvalue weighted by molar-refractivity contribution is -0.121. The molecule has 1 atom stereocenters. The van der Waals surface area contributed by atoms with Crippen LogP contribution in [0.25, 0.3) is 22.2 Å². The number of hydrogen-bond donors (Lipinski definition) is 3. The summed E-state index contributed by atoms with van der Waals surface area (Å²) in [5.41, 5.74) is 3.94. The first-order chi connectivity index (χ1) is 17.4. The molecule has 4 heterocycles. The van der Waals surface area contributed by atoms with Gasteiger partial charge in [0.2, 0.25) is 11.9 Å². The summed E-state index contributed by atoms with van der Waals surface area (Å²) in [7, 11) is 5.50. The fourth-order valence-corrected chi connectivity index (χ4v) is 4.48. The van der Waals surface area contributed by atoms with E-state index in [1.807, 2.05) is 44.4 Å². The number of ether oxygens (including phenoxy) is 1. The van der Waals surface area contributed by atoms with Gasteiger partial charge in [-0.05, 0) is 26.1 Å². The number of benzene rings is 1. The minimum Gasteiger partial charge on any atom is -0.478 e. The molecule has 0 saturated carbocycles. The number of rotatable bonds is 7. The molecule has 0 radical (unpaired) electrons. The highest BCUT2D eigenvalue weighted by Crippen LogP contribution is 2.32. The third-order valence-corrected chi connectivity index (χ3v) is 6.60. The van der Waals surface area contributed by atoms with Crippen LogP contribution in [0.2, 0.25) is 0 Å². The number of aromatic nitrogens is 5. The molecule has 36 heavy (non-hydrogen) atoms. The van der Waals surface area contributed by atoms with E-state index in [0.717, 1.165) is 54.0 Å². The van der Waals surface area contributed by atoms with Gasteiger partial charge in [-0.25, -0.2) is 9.97 Å². The van der Waals surface area contributed by atoms with Crippen LogP contribution in [0, 0.1) is 0 Å². The van der Waals surface area contributed by atoms with E-state index in [2.05, 4.69) is 42.5 Å². The Labute approximate surface area is 209 Å². The third-order valence-electron chi connectivity index (χ3n) is 6.60. The highest BCUT2D eigenvalue weighted by molar-refractivity contribution is 6.06. The van der Waals surface area contributed by atoms with Crippen LogP contribution in [0.15, 0.2) is 42.9 Å². The maximum Gasteiger partial charge on any atom is 0.256 e. The number of methoxy groups -OCH3 is 1. The van der Waals surface area contributed by atoms with Gasteiger partial charge in [0, 0.05) is 56.6 Å². The number of aryl methyl sites for hydroxylation is 1. The van der Waals surface area contributed by atoms with Crippen molar-refractivity contribution >= 4 is 34.1 Å². The van der Waals surface area contributed by atoms with Gasteiger partial charge in [-0.1, -0.05) is 12.1 Å². The molecule has 1 saturated heterocycles. The lowest BCUT2D eigenvalue weighted by atomic mass is 10.1. The molecular weight excluding hydrogens is 458 g/mol. The van der Waals surface area contributed by atoms with Gasteiger partial charge in [-0.15, -0.1) is 5.10 Å². The molecule has 1 aromatic carbocycles. The van der Waals surface area contributed by atoms with Crippen molar-refractivity contribution in [1.82, 2.24) is 34.5 Å². The monoisotopic (exact) mass is 489 g/mol. The highest BCUT2D eigenvalue weighted by atomic mass is 16.5. The maximum absolute atomic E-state index is 13.1. The zero-order valence-electron chi connectivity index (χ0n) is 20.9. The van der Waals surface area contributed by atoms with E-state index in [1.165, 1.54) is 0 Å². The van der Waals surface area contributed by atoms with Crippen LogP contribution < -0.4 is 15.4 Å². The van der Waals surface area contributed by atoms with Crippen LogP contribution in [-0.2, 0) is 11.8 Å². The third kappa shape index (κ3) is 4.75. The first-order valence-electron chi connectivity index (χ1n) is 11.9. The van der Waals surface area contributed by atoms with E-state index in [9.17, 15) is 4.79 Å². The first-order valence-corrected chi connectivity index (χ1v) is 11.9. The Balaban J connectivity index is 1.37. The predicted octanol–water partition coefficient (Wildman–Crippen LogP) is 2.69. The van der Waals surface area contributed by atoms with Gasteiger partial charge in [-0.3, -0.25) is 14.4 Å². The van der Waals surface area contributed by atoms with Gasteiger partial charge in [0.25, 0.3) is 5.88 Å². The fraction of sp³-hybridized carbons (Fsp3) is 0.360. The average Bonchev–Trinajstić information content (AvgIpc) is 3.47. The molecule has 1 fully saturated rings. The molecule has 0 aliphatic carbocycles. The molecule has 1 unspecified atom stereocenters. The van der Waals surface area contributed by atoms with Crippen LogP contribution in [0.4, 0.5) is 17.3 Å². The van der Waals surface area contributed by atoms with Crippen molar-refractivity contribution in [3.05, 3.63) is 42.9 Å². The van der Waals surface area contributed by atoms with E-state index in [-0.39, 0.29) is 11.9 Å². The van der Waals surface area contributed by atoms with E-state index in [4.69, 9.17) is 9.72 Å². The second-order valence-electron chi connectivity index (χ2n) is 9.05. The van der Waals surface area contributed by atoms with Gasteiger partial charge in [0.1, 0.15) is 5.69 Å². The SMILES string of the molecule is COc1nn(C)cc1Nc1nccc(-c2c[nH]c3c(NC(=O)C(C)N4CCN(C)CC4)cccc23)n1. The molecule has 0 spiro atoms. The quantitative estimate of drug-likeness (QED) is 0.363. The summed E-state index contributed by atoms with van der Waals surface area (Å²) in [4.78, 5) is 29.9. The Hall–Kier alpha value is -3.96. The summed E-state index contributed by atoms with van der Waals surface area (Å²) in [6, 6.07) is 7.52. The number of nitrogens with zero attached hydrogens (tertiary/aromatic N) is 6. The molecule has 188 valence electrons. The summed E-state index contributed by atoms with van der Waals surface area (Å²) in [5, 5.41) is 11.5. The second kappa shape index (κ2) is 9.96. The Morgan fingerprint density at radius 2 is 1.94 bits per heavy atom. The fourth-order valence-electron chi connectivity index (χ4n) is 4.48. The molecule has 0 bridgehead atoms. The van der Waals surface area contributed by atoms with Crippen LogP contribution in [0.3, 0.4) is 0 Å². The number of carbonyl (C=O) groups excluding carboxylic acids is 1. The molecule has 11 nitrogen and oxygen atoms in total. The van der Waals surface area contributed by atoms with Crippen molar-refractivity contribution in [2.45, 2.75) is 13.0 Å². The topological polar surface area (TPSA) is 116 Å². The normalized spacial score (nSPS) is 15.7. The Kier molecular flexibility index (Phi) is 6.57. The van der Waals surface area contributed by atoms with Crippen molar-refractivity contribution in [3.8, 4) is 17.1 Å². The molecule has 1 aliphatic heterocycles. The second-order valence-corrected chi connectivity index (χ2v) is 9.05. The van der Waals surface area contributed by atoms with Gasteiger partial charge >= 0.3 is 0 Å². The lowest BCUT2D eigenvalue weighted by Gasteiger charge is -2.35. The Morgan fingerprint density at radius 3 is 2.72 bits per heavy atom. The van der Waals surface area contributed by atoms with Crippen molar-refractivity contribution in [2.24, 2.45) is 7.05 Å². The largest absolute Gasteiger partial charge is 0.478 e. The number of piperazine rings is 1. The van der Waals surface area contributed by atoms with Crippen molar-refractivity contribution < 1.29 is 9.53 Å². The zero-order chi connectivity index (χ0) is 25.2. The first kappa shape index (κ1) is 23.8. The summed E-state index contributed by atoms with van der Waals surface area (Å²) in [6.45, 7) is 5.68. The molecule has 3 N–H and O–H groups in total. The summed E-state index contributed by atoms with van der Waals surface area (Å²) >= 11 is 0. The van der Waals surface area contributed by atoms with E-state index < -0.39 is 0 Å². The van der Waals surface area contributed by atoms with Crippen molar-refractivity contribution in [1.29, 1.82) is 0 Å². The zero-order valence-corrected chi connectivity index (χ0v) is 20.9. The molecule has 11 heteroatoms. The van der Waals surface area contributed by atoms with E-state index in [0.29, 0.717) is 17.5 Å². The number of nitrogens with one attached hydrogen (secondary N) is 3. The number of para-hydroxylation sites is 1. The standard InChI is InChI=1S/C25H31N9O2/c1-16(34-12-10-32(2)11-13-34)23(35)28-20-7-5-6-17-18(14-27-22(17)20)19-8-9-26-25(29-19)30-21-15-33(3)31-24(21)36-4/h5-9,14-16,27H,10-13H2,1-4H3,(H,28,35)(H,26,29,30). The van der Waals surface area contributed by atoms with E-state index in [1.54, 1.807) is 24.2 Å². The van der Waals surface area contributed by atoms with Gasteiger partial charge < -0.3 is 25.3 Å². The minimum absolute atomic E-state index is 0.0119. The van der Waals surface area contributed by atoms with Gasteiger partial charge in [-0.2, -0.15) is 0 Å². The number of anilines is 3. The Morgan fingerprint density at radius 1 is 1.14 bits per heavy atom. The number of likely N-dealkylation sites (N-methyl/N-ethyl adjacent to an activating group) is 1.